The summed E-state index contributed by atoms with van der Waals surface area (Å²) in [5.74, 6) is 1.04. The zero-order valence-electron chi connectivity index (χ0n) is 10.8. The van der Waals surface area contributed by atoms with Crippen LogP contribution in [0.4, 0.5) is 0 Å². The molecule has 0 spiro atoms. The van der Waals surface area contributed by atoms with Gasteiger partial charge in [-0.2, -0.15) is 0 Å². The van der Waals surface area contributed by atoms with Crippen LogP contribution in [0.1, 0.15) is 65.2 Å². The van der Waals surface area contributed by atoms with E-state index in [0.29, 0.717) is 0 Å². The zero-order valence-corrected chi connectivity index (χ0v) is 12.5. The second kappa shape index (κ2) is 13.8. The molecule has 1 N–H and O–H groups in total. The van der Waals surface area contributed by atoms with Crippen molar-refractivity contribution in [3.05, 3.63) is 0 Å². The zero-order chi connectivity index (χ0) is 12.1. The average molecular weight is 266 g/mol. The third kappa shape index (κ3) is 12.8. The van der Waals surface area contributed by atoms with Crippen molar-refractivity contribution in [1.82, 2.24) is 0 Å². The number of hydrogen-bond acceptors (Lipinski definition) is 3. The lowest BCUT2D eigenvalue weighted by Gasteiger charge is -2.09. The van der Waals surface area contributed by atoms with Crippen LogP contribution in [0.15, 0.2) is 0 Å². The van der Waals surface area contributed by atoms with Crippen LogP contribution in [0.5, 0.6) is 0 Å². The third-order valence-corrected chi connectivity index (χ3v) is 5.02. The van der Waals surface area contributed by atoms with Crippen molar-refractivity contribution in [2.75, 3.05) is 12.4 Å². The molecule has 98 valence electrons. The van der Waals surface area contributed by atoms with Gasteiger partial charge in [0.2, 0.25) is 7.58 Å². The van der Waals surface area contributed by atoms with Gasteiger partial charge in [-0.3, -0.25) is 0 Å². The van der Waals surface area contributed by atoms with Crippen molar-refractivity contribution in [2.45, 2.75) is 65.2 Å². The summed E-state index contributed by atoms with van der Waals surface area (Å²) >= 11 is 1.59. The topological polar surface area (TPSA) is 29.5 Å². The first-order chi connectivity index (χ1) is 7.81. The monoisotopic (exact) mass is 266 g/mol. The first kappa shape index (κ1) is 16.7. The fourth-order valence-corrected chi connectivity index (χ4v) is 3.53. The minimum Gasteiger partial charge on any atom is -0.342 e. The van der Waals surface area contributed by atoms with Crippen LogP contribution in [-0.2, 0) is 4.52 Å². The van der Waals surface area contributed by atoms with Crippen LogP contribution in [0, 0.1) is 0 Å². The quantitative estimate of drug-likeness (QED) is 0.393. The molecule has 0 aliphatic rings. The molecule has 0 aromatic carbocycles. The van der Waals surface area contributed by atoms with Crippen molar-refractivity contribution < 1.29 is 9.42 Å². The molecule has 0 heterocycles. The van der Waals surface area contributed by atoms with Gasteiger partial charge in [0.25, 0.3) is 0 Å². The minimum atomic E-state index is -1.21. The first-order valence-electron chi connectivity index (χ1n) is 6.56. The van der Waals surface area contributed by atoms with Gasteiger partial charge in [-0.05, 0) is 12.8 Å². The van der Waals surface area contributed by atoms with Crippen LogP contribution in [0.25, 0.3) is 0 Å². The summed E-state index contributed by atoms with van der Waals surface area (Å²) in [6.07, 6.45) is 9.90. The molecule has 16 heavy (non-hydrogen) atoms. The first-order valence-corrected chi connectivity index (χ1v) is 9.36. The normalized spacial score (nSPS) is 12.9. The van der Waals surface area contributed by atoms with E-state index in [2.05, 4.69) is 13.8 Å². The molecule has 0 saturated carbocycles. The van der Waals surface area contributed by atoms with Gasteiger partial charge in [0.05, 0.1) is 6.61 Å². The van der Waals surface area contributed by atoms with Crippen molar-refractivity contribution in [1.29, 1.82) is 0 Å². The van der Waals surface area contributed by atoms with E-state index in [-0.39, 0.29) is 0 Å². The lowest BCUT2D eigenvalue weighted by Crippen LogP contribution is -1.89. The van der Waals surface area contributed by atoms with Crippen LogP contribution >= 0.6 is 19.0 Å². The van der Waals surface area contributed by atoms with Crippen LogP contribution in [0.2, 0.25) is 0 Å². The van der Waals surface area contributed by atoms with Crippen LogP contribution in [0.3, 0.4) is 0 Å². The molecular formula is C12H27O2PS. The summed E-state index contributed by atoms with van der Waals surface area (Å²) in [6, 6.07) is 0. The van der Waals surface area contributed by atoms with E-state index in [1.54, 1.807) is 11.4 Å². The van der Waals surface area contributed by atoms with Crippen molar-refractivity contribution in [3.8, 4) is 0 Å². The molecule has 0 rings (SSSR count). The predicted molar refractivity (Wildman–Crippen MR) is 75.8 cm³/mol. The Morgan fingerprint density at radius 1 is 0.938 bits per heavy atom. The summed E-state index contributed by atoms with van der Waals surface area (Å²) in [6.45, 7) is 5.14. The highest BCUT2D eigenvalue weighted by Crippen LogP contribution is 2.47. The van der Waals surface area contributed by atoms with E-state index in [4.69, 9.17) is 4.52 Å². The predicted octanol–water partition coefficient (Wildman–Crippen LogP) is 5.12. The molecule has 4 heteroatoms. The molecule has 0 fully saturated rings. The summed E-state index contributed by atoms with van der Waals surface area (Å²) < 4.78 is 5.38. The molecule has 0 aromatic heterocycles. The van der Waals surface area contributed by atoms with E-state index in [1.807, 2.05) is 0 Å². The Labute approximate surface area is 106 Å². The lowest BCUT2D eigenvalue weighted by atomic mass is 10.2. The summed E-state index contributed by atoms with van der Waals surface area (Å²) in [4.78, 5) is 9.57. The molecule has 0 bridgehead atoms. The number of rotatable bonds is 12. The molecule has 1 unspecified atom stereocenters. The smallest absolute Gasteiger partial charge is 0.235 e. The molecule has 0 amide bonds. The highest BCUT2D eigenvalue weighted by atomic mass is 32.7. The molecular weight excluding hydrogens is 239 g/mol. The van der Waals surface area contributed by atoms with Gasteiger partial charge in [0.15, 0.2) is 0 Å². The van der Waals surface area contributed by atoms with Gasteiger partial charge in [-0.25, -0.2) is 0 Å². The number of hydrogen-bond donors (Lipinski definition) is 1. The van der Waals surface area contributed by atoms with Crippen LogP contribution < -0.4 is 0 Å². The van der Waals surface area contributed by atoms with E-state index in [9.17, 15) is 4.89 Å². The van der Waals surface area contributed by atoms with Crippen molar-refractivity contribution >= 4 is 19.0 Å². The summed E-state index contributed by atoms with van der Waals surface area (Å²) in [5.41, 5.74) is 0. The van der Waals surface area contributed by atoms with Gasteiger partial charge in [0, 0.05) is 5.75 Å². The molecule has 1 atom stereocenters. The second-order valence-corrected chi connectivity index (χ2v) is 7.14. The maximum atomic E-state index is 9.57. The van der Waals surface area contributed by atoms with Crippen LogP contribution in [-0.4, -0.2) is 17.3 Å². The van der Waals surface area contributed by atoms with Crippen molar-refractivity contribution in [2.24, 2.45) is 0 Å². The van der Waals surface area contributed by atoms with Gasteiger partial charge in [-0.1, -0.05) is 63.8 Å². The average Bonchev–Trinajstić information content (AvgIpc) is 2.28. The maximum Gasteiger partial charge on any atom is 0.235 e. The van der Waals surface area contributed by atoms with Gasteiger partial charge < -0.3 is 9.42 Å². The van der Waals surface area contributed by atoms with Gasteiger partial charge in [0.1, 0.15) is 0 Å². The van der Waals surface area contributed by atoms with E-state index in [1.165, 1.54) is 44.9 Å². The summed E-state index contributed by atoms with van der Waals surface area (Å²) in [5, 5.41) is 0. The lowest BCUT2D eigenvalue weighted by molar-refractivity contribution is 0.310. The highest BCUT2D eigenvalue weighted by molar-refractivity contribution is 8.52. The SMILES string of the molecule is CCCCCCOP(O)SCCCCCC. The molecule has 0 aromatic rings. The van der Waals surface area contributed by atoms with Crippen molar-refractivity contribution in [3.63, 3.8) is 0 Å². The summed E-state index contributed by atoms with van der Waals surface area (Å²) in [7, 11) is -1.21. The van der Waals surface area contributed by atoms with Gasteiger partial charge in [-0.15, -0.1) is 0 Å². The second-order valence-electron chi connectivity index (χ2n) is 4.03. The van der Waals surface area contributed by atoms with E-state index < -0.39 is 7.58 Å². The Hall–Kier alpha value is 0.700. The Kier molecular flexibility index (Phi) is 14.4. The molecule has 0 aliphatic carbocycles. The van der Waals surface area contributed by atoms with E-state index >= 15 is 0 Å². The Morgan fingerprint density at radius 2 is 1.56 bits per heavy atom. The fraction of sp³-hybridized carbons (Fsp3) is 1.00. The molecule has 2 nitrogen and oxygen atoms in total. The largest absolute Gasteiger partial charge is 0.342 e. The standard InChI is InChI=1S/C12H27O2PS/c1-3-5-7-9-11-14-15(13)16-12-10-8-6-4-2/h13H,3-12H2,1-2H3. The third-order valence-electron chi connectivity index (χ3n) is 2.40. The van der Waals surface area contributed by atoms with E-state index in [0.717, 1.165) is 18.8 Å². The molecule has 0 aliphatic heterocycles. The van der Waals surface area contributed by atoms with Gasteiger partial charge >= 0.3 is 0 Å². The minimum absolute atomic E-state index is 0.726. The number of unbranched alkanes of at least 4 members (excludes halogenated alkanes) is 6. The Balaban J connectivity index is 3.09. The fourth-order valence-electron chi connectivity index (χ4n) is 1.38. The molecule has 0 saturated heterocycles. The molecule has 0 radical (unpaired) electrons. The Morgan fingerprint density at radius 3 is 2.19 bits per heavy atom. The Bertz CT molecular complexity index is 122. The highest BCUT2D eigenvalue weighted by Gasteiger charge is 2.05. The maximum absolute atomic E-state index is 9.57.